The van der Waals surface area contributed by atoms with Crippen LogP contribution in [0.4, 0.5) is 10.1 Å². The van der Waals surface area contributed by atoms with Crippen molar-refractivity contribution in [1.82, 2.24) is 10.2 Å². The minimum absolute atomic E-state index is 0.186. The van der Waals surface area contributed by atoms with Crippen LogP contribution in [0.3, 0.4) is 0 Å². The first kappa shape index (κ1) is 14.9. The molecule has 4 nitrogen and oxygen atoms in total. The summed E-state index contributed by atoms with van der Waals surface area (Å²) in [5.41, 5.74) is 1.98. The minimum Gasteiger partial charge on any atom is -0.322 e. The summed E-state index contributed by atoms with van der Waals surface area (Å²) in [6.07, 6.45) is 0.663. The largest absolute Gasteiger partial charge is 0.322 e. The molecule has 20 heavy (non-hydrogen) atoms. The summed E-state index contributed by atoms with van der Waals surface area (Å²) in [5, 5.41) is 5.88. The molecule has 5 heteroatoms. The number of nitrogens with one attached hydrogen (secondary N) is 2. The average molecular weight is 279 g/mol. The van der Waals surface area contributed by atoms with Gasteiger partial charge in [0.1, 0.15) is 5.82 Å². The topological polar surface area (TPSA) is 44.4 Å². The van der Waals surface area contributed by atoms with Crippen molar-refractivity contribution >= 4 is 11.6 Å². The molecule has 0 aromatic heterocycles. The van der Waals surface area contributed by atoms with Gasteiger partial charge in [-0.3, -0.25) is 9.69 Å². The van der Waals surface area contributed by atoms with Gasteiger partial charge in [0.05, 0.1) is 12.2 Å². The van der Waals surface area contributed by atoms with Crippen molar-refractivity contribution in [1.29, 1.82) is 0 Å². The number of carbonyl (C=O) groups is 1. The zero-order valence-electron chi connectivity index (χ0n) is 12.3. The van der Waals surface area contributed by atoms with Gasteiger partial charge in [-0.15, -0.1) is 0 Å². The number of amides is 1. The Kier molecular flexibility index (Phi) is 4.73. The second kappa shape index (κ2) is 6.33. The van der Waals surface area contributed by atoms with Crippen molar-refractivity contribution in [2.75, 3.05) is 25.5 Å². The average Bonchev–Trinajstić information content (AvgIpc) is 2.42. The van der Waals surface area contributed by atoms with E-state index >= 15 is 0 Å². The van der Waals surface area contributed by atoms with Gasteiger partial charge >= 0.3 is 0 Å². The Morgan fingerprint density at radius 1 is 1.50 bits per heavy atom. The first-order valence-corrected chi connectivity index (χ1v) is 7.00. The lowest BCUT2D eigenvalue weighted by molar-refractivity contribution is -0.117. The first-order chi connectivity index (χ1) is 9.49. The molecule has 0 aliphatic carbocycles. The molecule has 0 fully saturated rings. The van der Waals surface area contributed by atoms with E-state index in [1.807, 2.05) is 31.9 Å². The SMILES string of the molecule is CC(C)N(C)CC(=O)Nc1ccc2c(c1F)CCNC2. The second-order valence-electron chi connectivity index (χ2n) is 5.55. The van der Waals surface area contributed by atoms with Gasteiger partial charge in [-0.2, -0.15) is 0 Å². The zero-order valence-corrected chi connectivity index (χ0v) is 12.3. The number of nitrogens with zero attached hydrogens (tertiary/aromatic N) is 1. The number of halogens is 1. The van der Waals surface area contributed by atoms with Crippen molar-refractivity contribution in [3.63, 3.8) is 0 Å². The smallest absolute Gasteiger partial charge is 0.238 e. The Labute approximate surface area is 119 Å². The Hall–Kier alpha value is -1.46. The highest BCUT2D eigenvalue weighted by atomic mass is 19.1. The molecule has 2 rings (SSSR count). The van der Waals surface area contributed by atoms with Crippen LogP contribution in [0, 0.1) is 5.82 Å². The molecule has 2 N–H and O–H groups in total. The maximum Gasteiger partial charge on any atom is 0.238 e. The predicted octanol–water partition coefficient (Wildman–Crippen LogP) is 1.75. The van der Waals surface area contributed by atoms with E-state index in [0.29, 0.717) is 13.0 Å². The lowest BCUT2D eigenvalue weighted by Gasteiger charge is -2.22. The molecule has 0 spiro atoms. The molecule has 1 amide bonds. The molecule has 0 saturated heterocycles. The van der Waals surface area contributed by atoms with Gasteiger partial charge < -0.3 is 10.6 Å². The third-order valence-corrected chi connectivity index (χ3v) is 3.76. The Morgan fingerprint density at radius 3 is 2.95 bits per heavy atom. The van der Waals surface area contributed by atoms with E-state index in [1.54, 1.807) is 6.07 Å². The van der Waals surface area contributed by atoms with Crippen LogP contribution in [0.1, 0.15) is 25.0 Å². The second-order valence-corrected chi connectivity index (χ2v) is 5.55. The molecular weight excluding hydrogens is 257 g/mol. The number of fused-ring (bicyclic) bond motifs is 1. The summed E-state index contributed by atoms with van der Waals surface area (Å²) < 4.78 is 14.4. The van der Waals surface area contributed by atoms with Gasteiger partial charge in [0.2, 0.25) is 5.91 Å². The molecule has 1 aromatic rings. The maximum atomic E-state index is 14.4. The Balaban J connectivity index is 2.08. The minimum atomic E-state index is -0.287. The van der Waals surface area contributed by atoms with Crippen molar-refractivity contribution in [3.8, 4) is 0 Å². The summed E-state index contributed by atoms with van der Waals surface area (Å²) in [6.45, 7) is 5.75. The molecule has 0 radical (unpaired) electrons. The Bertz CT molecular complexity index is 502. The summed E-state index contributed by atoms with van der Waals surface area (Å²) in [6, 6.07) is 3.81. The molecule has 0 bridgehead atoms. The van der Waals surface area contributed by atoms with E-state index < -0.39 is 0 Å². The molecule has 0 saturated carbocycles. The summed E-state index contributed by atoms with van der Waals surface area (Å²) >= 11 is 0. The fourth-order valence-corrected chi connectivity index (χ4v) is 2.23. The van der Waals surface area contributed by atoms with Gasteiger partial charge in [-0.25, -0.2) is 4.39 Å². The monoisotopic (exact) mass is 279 g/mol. The quantitative estimate of drug-likeness (QED) is 0.882. The van der Waals surface area contributed by atoms with Gasteiger partial charge in [-0.05, 0) is 51.1 Å². The van der Waals surface area contributed by atoms with Gasteiger partial charge in [-0.1, -0.05) is 6.07 Å². The highest BCUT2D eigenvalue weighted by Crippen LogP contribution is 2.24. The van der Waals surface area contributed by atoms with Crippen LogP contribution in [0.5, 0.6) is 0 Å². The van der Waals surface area contributed by atoms with Crippen LogP contribution in [-0.4, -0.2) is 37.0 Å². The lowest BCUT2D eigenvalue weighted by atomic mass is 9.99. The third kappa shape index (κ3) is 3.35. The summed E-state index contributed by atoms with van der Waals surface area (Å²) in [4.78, 5) is 13.8. The molecule has 0 atom stereocenters. The fraction of sp³-hybridized carbons (Fsp3) is 0.533. The van der Waals surface area contributed by atoms with Crippen LogP contribution >= 0.6 is 0 Å². The molecular formula is C15H22FN3O. The zero-order chi connectivity index (χ0) is 14.7. The standard InChI is InChI=1S/C15H22FN3O/c1-10(2)19(3)9-14(20)18-13-5-4-11-8-17-7-6-12(11)15(13)16/h4-5,10,17H,6-9H2,1-3H3,(H,18,20). The summed E-state index contributed by atoms with van der Waals surface area (Å²) in [7, 11) is 1.87. The molecule has 1 aliphatic rings. The van der Waals surface area contributed by atoms with Crippen molar-refractivity contribution in [3.05, 3.63) is 29.1 Å². The van der Waals surface area contributed by atoms with Gasteiger partial charge in [0.25, 0.3) is 0 Å². The number of rotatable bonds is 4. The van der Waals surface area contributed by atoms with Crippen LogP contribution in [0.25, 0.3) is 0 Å². The number of hydrogen-bond donors (Lipinski definition) is 2. The number of anilines is 1. The van der Waals surface area contributed by atoms with Gasteiger partial charge in [0, 0.05) is 12.6 Å². The Morgan fingerprint density at radius 2 is 2.25 bits per heavy atom. The number of benzene rings is 1. The predicted molar refractivity (Wildman–Crippen MR) is 78.2 cm³/mol. The fourth-order valence-electron chi connectivity index (χ4n) is 2.23. The van der Waals surface area contributed by atoms with Crippen molar-refractivity contribution < 1.29 is 9.18 Å². The van der Waals surface area contributed by atoms with E-state index in [4.69, 9.17) is 0 Å². The van der Waals surface area contributed by atoms with E-state index in [1.165, 1.54) is 0 Å². The number of likely N-dealkylation sites (N-methyl/N-ethyl adjacent to an activating group) is 1. The molecule has 0 unspecified atom stereocenters. The molecule has 1 heterocycles. The third-order valence-electron chi connectivity index (χ3n) is 3.76. The van der Waals surface area contributed by atoms with Crippen LogP contribution in [0.15, 0.2) is 12.1 Å². The van der Waals surface area contributed by atoms with Crippen LogP contribution in [0.2, 0.25) is 0 Å². The van der Waals surface area contributed by atoms with E-state index in [-0.39, 0.29) is 30.0 Å². The summed E-state index contributed by atoms with van der Waals surface area (Å²) in [5.74, 6) is -0.474. The number of carbonyl (C=O) groups excluding carboxylic acids is 1. The van der Waals surface area contributed by atoms with Crippen molar-refractivity contribution in [2.45, 2.75) is 32.9 Å². The molecule has 110 valence electrons. The van der Waals surface area contributed by atoms with E-state index in [2.05, 4.69) is 10.6 Å². The lowest BCUT2D eigenvalue weighted by Crippen LogP contribution is -2.35. The normalized spacial score (nSPS) is 14.5. The van der Waals surface area contributed by atoms with E-state index in [0.717, 1.165) is 17.7 Å². The first-order valence-electron chi connectivity index (χ1n) is 7.00. The molecule has 1 aromatic carbocycles. The van der Waals surface area contributed by atoms with E-state index in [9.17, 15) is 9.18 Å². The number of hydrogen-bond acceptors (Lipinski definition) is 3. The van der Waals surface area contributed by atoms with Crippen molar-refractivity contribution in [2.24, 2.45) is 0 Å². The van der Waals surface area contributed by atoms with Crippen LogP contribution in [-0.2, 0) is 17.8 Å². The van der Waals surface area contributed by atoms with Gasteiger partial charge in [0.15, 0.2) is 0 Å². The highest BCUT2D eigenvalue weighted by Gasteiger charge is 2.18. The highest BCUT2D eigenvalue weighted by molar-refractivity contribution is 5.92. The molecule has 1 aliphatic heterocycles. The maximum absolute atomic E-state index is 14.4. The van der Waals surface area contributed by atoms with Crippen LogP contribution < -0.4 is 10.6 Å².